The number of rotatable bonds is 10. The van der Waals surface area contributed by atoms with Crippen molar-refractivity contribution < 1.29 is 50.5 Å². The van der Waals surface area contributed by atoms with Crippen molar-refractivity contribution in [3.05, 3.63) is 89.0 Å². The molecule has 8 nitrogen and oxygen atoms in total. The van der Waals surface area contributed by atoms with E-state index in [1.165, 1.54) is 28.8 Å². The van der Waals surface area contributed by atoms with Crippen molar-refractivity contribution in [1.29, 1.82) is 0 Å². The van der Waals surface area contributed by atoms with Crippen LogP contribution in [0.5, 0.6) is 5.75 Å². The maximum Gasteiger partial charge on any atom is 0.573 e. The summed E-state index contributed by atoms with van der Waals surface area (Å²) in [5, 5.41) is 11.7. The molecule has 0 aliphatic heterocycles. The molecule has 0 radical (unpaired) electrons. The number of amides is 1. The van der Waals surface area contributed by atoms with Crippen LogP contribution in [0.15, 0.2) is 54.6 Å². The molecule has 1 amide bonds. The second-order valence-corrected chi connectivity index (χ2v) is 10.7. The molecule has 14 heteroatoms. The van der Waals surface area contributed by atoms with E-state index in [0.29, 0.717) is 24.5 Å². The molecule has 1 fully saturated rings. The van der Waals surface area contributed by atoms with Gasteiger partial charge in [-0.15, -0.1) is 13.2 Å². The number of halogens is 6. The SMILES string of the molecule is O=C(O)c1ccc(NC(=O)C(C2CCCCC2)n2c(COCc3ccc(F)cc3)nc3cc(F)c(F)cc32)c(OC(F)(F)F)c1. The number of aromatic carboxylic acids is 1. The number of nitrogens with one attached hydrogen (secondary N) is 1. The van der Waals surface area contributed by atoms with E-state index in [-0.39, 0.29) is 36.0 Å². The first-order valence-electron chi connectivity index (χ1n) is 14.0. The van der Waals surface area contributed by atoms with E-state index >= 15 is 0 Å². The van der Waals surface area contributed by atoms with Crippen molar-refractivity contribution in [2.75, 3.05) is 5.32 Å². The van der Waals surface area contributed by atoms with Crippen molar-refractivity contribution >= 4 is 28.6 Å². The zero-order valence-electron chi connectivity index (χ0n) is 23.5. The minimum absolute atomic E-state index is 0.0145. The molecule has 1 atom stereocenters. The van der Waals surface area contributed by atoms with Crippen LogP contribution in [0, 0.1) is 23.4 Å². The van der Waals surface area contributed by atoms with Gasteiger partial charge >= 0.3 is 12.3 Å². The monoisotopic (exact) mass is 635 g/mol. The molecular weight excluding hydrogens is 608 g/mol. The van der Waals surface area contributed by atoms with E-state index in [1.807, 2.05) is 0 Å². The molecule has 45 heavy (non-hydrogen) atoms. The quantitative estimate of drug-likeness (QED) is 0.175. The lowest BCUT2D eigenvalue weighted by Crippen LogP contribution is -2.34. The average Bonchev–Trinajstić information content (AvgIpc) is 3.31. The number of nitrogens with zero attached hydrogens (tertiary/aromatic N) is 2. The van der Waals surface area contributed by atoms with Crippen LogP contribution in [0.3, 0.4) is 0 Å². The second-order valence-electron chi connectivity index (χ2n) is 10.7. The van der Waals surface area contributed by atoms with Gasteiger partial charge in [-0.25, -0.2) is 22.9 Å². The maximum absolute atomic E-state index is 14.6. The van der Waals surface area contributed by atoms with Crippen LogP contribution in [0.25, 0.3) is 11.0 Å². The molecule has 4 aromatic rings. The third-order valence-corrected chi connectivity index (χ3v) is 7.57. The molecule has 0 saturated heterocycles. The Morgan fingerprint density at radius 3 is 2.31 bits per heavy atom. The van der Waals surface area contributed by atoms with Crippen molar-refractivity contribution in [1.82, 2.24) is 9.55 Å². The third-order valence-electron chi connectivity index (χ3n) is 7.57. The normalized spacial score (nSPS) is 14.8. The number of ether oxygens (including phenoxy) is 2. The zero-order chi connectivity index (χ0) is 32.3. The summed E-state index contributed by atoms with van der Waals surface area (Å²) in [7, 11) is 0. The summed E-state index contributed by atoms with van der Waals surface area (Å²) in [6.07, 6.45) is -1.73. The van der Waals surface area contributed by atoms with E-state index in [1.54, 1.807) is 0 Å². The Morgan fingerprint density at radius 2 is 1.64 bits per heavy atom. The molecule has 1 saturated carbocycles. The Kier molecular flexibility index (Phi) is 9.32. The van der Waals surface area contributed by atoms with Gasteiger partial charge in [0.1, 0.15) is 24.3 Å². The highest BCUT2D eigenvalue weighted by molar-refractivity contribution is 5.97. The number of carboxylic acid groups (broad SMARTS) is 1. The predicted octanol–water partition coefficient (Wildman–Crippen LogP) is 7.53. The van der Waals surface area contributed by atoms with Crippen molar-refractivity contribution in [2.24, 2.45) is 5.92 Å². The van der Waals surface area contributed by atoms with Crippen LogP contribution in [-0.2, 0) is 22.7 Å². The summed E-state index contributed by atoms with van der Waals surface area (Å²) in [5.41, 5.74) is -0.240. The first kappa shape index (κ1) is 31.8. The van der Waals surface area contributed by atoms with Gasteiger partial charge in [0.05, 0.1) is 28.9 Å². The smallest absolute Gasteiger partial charge is 0.478 e. The van der Waals surface area contributed by atoms with Crippen LogP contribution in [0.4, 0.5) is 32.0 Å². The fourth-order valence-corrected chi connectivity index (χ4v) is 5.56. The lowest BCUT2D eigenvalue weighted by molar-refractivity contribution is -0.274. The number of alkyl halides is 3. The van der Waals surface area contributed by atoms with Crippen LogP contribution in [0.2, 0.25) is 0 Å². The Balaban J connectivity index is 1.55. The number of anilines is 1. The molecule has 1 heterocycles. The van der Waals surface area contributed by atoms with Gasteiger partial charge in [-0.3, -0.25) is 4.79 Å². The second kappa shape index (κ2) is 13.2. The molecule has 238 valence electrons. The highest BCUT2D eigenvalue weighted by Gasteiger charge is 2.36. The Labute approximate surface area is 252 Å². The van der Waals surface area contributed by atoms with Crippen molar-refractivity contribution in [2.45, 2.75) is 57.7 Å². The third kappa shape index (κ3) is 7.56. The Morgan fingerprint density at radius 1 is 0.956 bits per heavy atom. The van der Waals surface area contributed by atoms with Crippen LogP contribution in [-0.4, -0.2) is 32.9 Å². The fourth-order valence-electron chi connectivity index (χ4n) is 5.56. The molecule has 5 rings (SSSR count). The average molecular weight is 636 g/mol. The van der Waals surface area contributed by atoms with Crippen LogP contribution >= 0.6 is 0 Å². The largest absolute Gasteiger partial charge is 0.573 e. The molecule has 1 unspecified atom stereocenters. The van der Waals surface area contributed by atoms with Gasteiger partial charge in [0, 0.05) is 12.1 Å². The zero-order valence-corrected chi connectivity index (χ0v) is 23.5. The van der Waals surface area contributed by atoms with Crippen molar-refractivity contribution in [3.8, 4) is 5.75 Å². The van der Waals surface area contributed by atoms with Crippen molar-refractivity contribution in [3.63, 3.8) is 0 Å². The number of imidazole rings is 1. The molecule has 0 spiro atoms. The van der Waals surface area contributed by atoms with E-state index in [9.17, 15) is 41.0 Å². The van der Waals surface area contributed by atoms with Gasteiger partial charge in [-0.2, -0.15) is 0 Å². The number of carbonyl (C=O) groups is 2. The summed E-state index contributed by atoms with van der Waals surface area (Å²) in [5.74, 6) is -6.32. The molecule has 0 bridgehead atoms. The number of aromatic nitrogens is 2. The summed E-state index contributed by atoms with van der Waals surface area (Å²) < 4.78 is 93.1. The number of hydrogen-bond acceptors (Lipinski definition) is 5. The fraction of sp³-hybridized carbons (Fsp3) is 0.323. The Bertz CT molecular complexity index is 1700. The highest BCUT2D eigenvalue weighted by Crippen LogP contribution is 2.39. The van der Waals surface area contributed by atoms with Gasteiger partial charge in [0.25, 0.3) is 0 Å². The predicted molar refractivity (Wildman–Crippen MR) is 149 cm³/mol. The summed E-state index contributed by atoms with van der Waals surface area (Å²) in [6.45, 7) is -0.220. The van der Waals surface area contributed by atoms with Gasteiger partial charge in [-0.05, 0) is 54.7 Å². The van der Waals surface area contributed by atoms with E-state index < -0.39 is 58.7 Å². The van der Waals surface area contributed by atoms with Crippen LogP contribution in [0.1, 0.15) is 59.9 Å². The summed E-state index contributed by atoms with van der Waals surface area (Å²) >= 11 is 0. The number of hydrogen-bond donors (Lipinski definition) is 2. The minimum atomic E-state index is -5.20. The van der Waals surface area contributed by atoms with E-state index in [4.69, 9.17) is 4.74 Å². The molecule has 3 aromatic carbocycles. The number of carboxylic acids is 1. The molecular formula is C31H27F6N3O5. The first-order valence-corrected chi connectivity index (χ1v) is 14.0. The lowest BCUT2D eigenvalue weighted by atomic mass is 9.83. The number of carbonyl (C=O) groups excluding carboxylic acids is 1. The summed E-state index contributed by atoms with van der Waals surface area (Å²) in [4.78, 5) is 29.9. The molecule has 1 aliphatic rings. The molecule has 2 N–H and O–H groups in total. The minimum Gasteiger partial charge on any atom is -0.478 e. The number of benzene rings is 3. The molecule has 1 aliphatic carbocycles. The maximum atomic E-state index is 14.6. The van der Waals surface area contributed by atoms with E-state index in [0.717, 1.165) is 43.5 Å². The van der Waals surface area contributed by atoms with Gasteiger partial charge in [0.2, 0.25) is 5.91 Å². The standard InChI is InChI=1S/C31H27F6N3O5/c32-20-9-6-17(7-10-20)15-44-16-27-38-24-13-21(33)22(34)14-25(24)40(27)28(18-4-2-1-3-5-18)29(41)39-23-11-8-19(30(42)43)12-26(23)45-31(35,36)37/h6-14,18,28H,1-5,15-16H2,(H,39,41)(H,42,43). The highest BCUT2D eigenvalue weighted by atomic mass is 19.4. The number of fused-ring (bicyclic) bond motifs is 1. The van der Waals surface area contributed by atoms with E-state index in [2.05, 4.69) is 15.0 Å². The summed E-state index contributed by atoms with van der Waals surface area (Å²) in [6, 6.07) is 8.76. The van der Waals surface area contributed by atoms with Gasteiger partial charge < -0.3 is 24.5 Å². The van der Waals surface area contributed by atoms with Gasteiger partial charge in [-0.1, -0.05) is 31.4 Å². The molecule has 1 aromatic heterocycles. The topological polar surface area (TPSA) is 103 Å². The van der Waals surface area contributed by atoms with Gasteiger partial charge in [0.15, 0.2) is 17.4 Å². The Hall–Kier alpha value is -4.59. The van der Waals surface area contributed by atoms with Crippen LogP contribution < -0.4 is 10.1 Å². The first-order chi connectivity index (χ1) is 21.4. The lowest BCUT2D eigenvalue weighted by Gasteiger charge is -2.32.